The number of amides is 2. The zero-order valence-electron chi connectivity index (χ0n) is 17.4. The molecule has 3 heterocycles. The van der Waals surface area contributed by atoms with Crippen LogP contribution in [0.25, 0.3) is 0 Å². The number of hydrogen-bond acceptors (Lipinski definition) is 5. The van der Waals surface area contributed by atoms with Gasteiger partial charge >= 0.3 is 5.97 Å². The van der Waals surface area contributed by atoms with Crippen LogP contribution in [-0.4, -0.2) is 79.6 Å². The number of carbonyl (C=O) groups excluding carboxylic acids is 2. The summed E-state index contributed by atoms with van der Waals surface area (Å²) in [6.07, 6.45) is 4.14. The summed E-state index contributed by atoms with van der Waals surface area (Å²) in [5.41, 5.74) is 0. The summed E-state index contributed by atoms with van der Waals surface area (Å²) < 4.78 is -0.748. The van der Waals surface area contributed by atoms with Gasteiger partial charge in [0.15, 0.2) is 0 Å². The van der Waals surface area contributed by atoms with Crippen LogP contribution in [0.4, 0.5) is 0 Å². The van der Waals surface area contributed by atoms with E-state index in [1.165, 1.54) is 16.7 Å². The number of carbonyl (C=O) groups is 3. The molecule has 7 atom stereocenters. The number of hydrogen-bond donors (Lipinski definition) is 2. The molecule has 4 unspecified atom stereocenters. The summed E-state index contributed by atoms with van der Waals surface area (Å²) in [7, 11) is 0. The Balaban J connectivity index is 2.07. The van der Waals surface area contributed by atoms with Gasteiger partial charge in [0.05, 0.1) is 23.2 Å². The van der Waals surface area contributed by atoms with Crippen molar-refractivity contribution >= 4 is 29.5 Å². The fourth-order valence-electron chi connectivity index (χ4n) is 5.79. The van der Waals surface area contributed by atoms with Crippen molar-refractivity contribution in [1.29, 1.82) is 0 Å². The van der Waals surface area contributed by atoms with Gasteiger partial charge in [-0.1, -0.05) is 26.3 Å². The average Bonchev–Trinajstić information content (AvgIpc) is 3.24. The number of thioether (sulfide) groups is 1. The fraction of sp³-hybridized carbons (Fsp3) is 0.762. The van der Waals surface area contributed by atoms with Gasteiger partial charge in [-0.3, -0.25) is 14.4 Å². The number of carboxylic acids is 1. The highest BCUT2D eigenvalue weighted by molar-refractivity contribution is 8.02. The number of nitrogens with zero attached hydrogens (tertiary/aromatic N) is 2. The van der Waals surface area contributed by atoms with Crippen molar-refractivity contribution < 1.29 is 24.6 Å². The van der Waals surface area contributed by atoms with E-state index in [0.717, 1.165) is 12.8 Å². The summed E-state index contributed by atoms with van der Waals surface area (Å²) in [5.74, 6) is -2.86. The van der Waals surface area contributed by atoms with E-state index in [1.54, 1.807) is 11.0 Å². The Kier molecular flexibility index (Phi) is 6.34. The van der Waals surface area contributed by atoms with Crippen LogP contribution in [0.2, 0.25) is 0 Å². The molecule has 162 valence electrons. The van der Waals surface area contributed by atoms with Crippen LogP contribution in [0, 0.1) is 17.8 Å². The molecule has 2 amide bonds. The molecule has 3 aliphatic rings. The first kappa shape index (κ1) is 22.2. The molecule has 0 aromatic carbocycles. The summed E-state index contributed by atoms with van der Waals surface area (Å²) >= 11 is 1.53. The van der Waals surface area contributed by atoms with E-state index in [0.29, 0.717) is 13.0 Å². The number of β-amino-alcohol motifs (C(OH)–C–C–N with tert-alkyl or cyclic N) is 1. The van der Waals surface area contributed by atoms with Gasteiger partial charge in [0, 0.05) is 24.4 Å². The Hall–Kier alpha value is -1.54. The molecule has 3 aliphatic heterocycles. The van der Waals surface area contributed by atoms with Crippen LogP contribution in [0.3, 0.4) is 0 Å². The molecule has 0 aromatic rings. The zero-order chi connectivity index (χ0) is 21.5. The van der Waals surface area contributed by atoms with E-state index in [2.05, 4.69) is 13.5 Å². The van der Waals surface area contributed by atoms with Gasteiger partial charge in [0.2, 0.25) is 11.8 Å². The van der Waals surface area contributed by atoms with E-state index in [1.807, 2.05) is 13.8 Å². The zero-order valence-corrected chi connectivity index (χ0v) is 18.2. The van der Waals surface area contributed by atoms with Gasteiger partial charge in [0.1, 0.15) is 6.04 Å². The maximum absolute atomic E-state index is 13.9. The molecule has 3 fully saturated rings. The third kappa shape index (κ3) is 3.19. The number of rotatable bonds is 9. The van der Waals surface area contributed by atoms with Crippen LogP contribution in [0.5, 0.6) is 0 Å². The highest BCUT2D eigenvalue weighted by Crippen LogP contribution is 2.68. The van der Waals surface area contributed by atoms with E-state index in [-0.39, 0.29) is 42.2 Å². The SMILES string of the molecule is C=CCN(C(=O)C1N(CCO)C(=O)[C@@H]2[C@@H](C(=O)O)[C@H]3CC(C)C12S3)C(C)CCC. The molecule has 0 saturated carbocycles. The lowest BCUT2D eigenvalue weighted by molar-refractivity contribution is -0.149. The van der Waals surface area contributed by atoms with Crippen LogP contribution < -0.4 is 0 Å². The number of likely N-dealkylation sites (tertiary alicyclic amines) is 1. The minimum atomic E-state index is -0.964. The Bertz CT molecular complexity index is 701. The van der Waals surface area contributed by atoms with Crippen molar-refractivity contribution in [3.63, 3.8) is 0 Å². The third-order valence-electron chi connectivity index (χ3n) is 6.95. The van der Waals surface area contributed by atoms with Crippen molar-refractivity contribution in [3.05, 3.63) is 12.7 Å². The van der Waals surface area contributed by atoms with Crippen LogP contribution >= 0.6 is 11.8 Å². The maximum Gasteiger partial charge on any atom is 0.308 e. The van der Waals surface area contributed by atoms with Crippen molar-refractivity contribution in [1.82, 2.24) is 9.80 Å². The lowest BCUT2D eigenvalue weighted by atomic mass is 9.66. The predicted octanol–water partition coefficient (Wildman–Crippen LogP) is 1.60. The standard InChI is InChI=1S/C21H32N2O5S/c1-5-7-13(4)22(8-6-2)19(26)17-21-12(3)11-14(29-21)15(20(27)28)16(21)18(25)23(17)9-10-24/h6,12-17,24H,2,5,7-11H2,1,3-4H3,(H,27,28)/t12?,13?,14-,15+,16+,17?,21?/m1/s1. The lowest BCUT2D eigenvalue weighted by Crippen LogP contribution is -2.58. The molecule has 2 bridgehead atoms. The molecule has 29 heavy (non-hydrogen) atoms. The van der Waals surface area contributed by atoms with E-state index in [9.17, 15) is 24.6 Å². The second-order valence-corrected chi connectivity index (χ2v) is 10.1. The van der Waals surface area contributed by atoms with E-state index >= 15 is 0 Å². The molecular weight excluding hydrogens is 392 g/mol. The van der Waals surface area contributed by atoms with Gasteiger partial charge in [-0.2, -0.15) is 0 Å². The quantitative estimate of drug-likeness (QED) is 0.546. The first-order valence-electron chi connectivity index (χ1n) is 10.5. The average molecular weight is 425 g/mol. The Morgan fingerprint density at radius 3 is 2.72 bits per heavy atom. The summed E-state index contributed by atoms with van der Waals surface area (Å²) in [4.78, 5) is 42.5. The van der Waals surface area contributed by atoms with Gasteiger partial charge in [-0.25, -0.2) is 0 Å². The van der Waals surface area contributed by atoms with E-state index < -0.39 is 28.6 Å². The Labute approximate surface area is 176 Å². The molecule has 2 N–H and O–H groups in total. The smallest absolute Gasteiger partial charge is 0.308 e. The third-order valence-corrected chi connectivity index (χ3v) is 9.03. The summed E-state index contributed by atoms with van der Waals surface area (Å²) in [6, 6.07) is -0.762. The van der Waals surface area contributed by atoms with E-state index in [4.69, 9.17) is 0 Å². The Morgan fingerprint density at radius 1 is 1.48 bits per heavy atom. The van der Waals surface area contributed by atoms with Crippen molar-refractivity contribution in [2.45, 2.75) is 62.1 Å². The number of aliphatic carboxylic acids is 1. The number of fused-ring (bicyclic) bond motifs is 1. The summed E-state index contributed by atoms with van der Waals surface area (Å²) in [6.45, 7) is 10.0. The minimum absolute atomic E-state index is 0.0128. The number of aliphatic hydroxyl groups excluding tert-OH is 1. The van der Waals surface area contributed by atoms with Crippen molar-refractivity contribution in [2.24, 2.45) is 17.8 Å². The number of aliphatic hydroxyl groups is 1. The number of carboxylic acid groups (broad SMARTS) is 1. The molecule has 7 nitrogen and oxygen atoms in total. The Morgan fingerprint density at radius 2 is 2.17 bits per heavy atom. The molecule has 0 aromatic heterocycles. The van der Waals surface area contributed by atoms with Crippen molar-refractivity contribution in [3.8, 4) is 0 Å². The topological polar surface area (TPSA) is 98.2 Å². The molecule has 3 saturated heterocycles. The van der Waals surface area contributed by atoms with Crippen LogP contribution in [0.15, 0.2) is 12.7 Å². The van der Waals surface area contributed by atoms with Crippen LogP contribution in [-0.2, 0) is 14.4 Å². The minimum Gasteiger partial charge on any atom is -0.481 e. The summed E-state index contributed by atoms with van der Waals surface area (Å²) in [5, 5.41) is 19.3. The molecular formula is C21H32N2O5S. The molecule has 1 spiro atoms. The molecule has 0 radical (unpaired) electrons. The first-order chi connectivity index (χ1) is 13.8. The molecule has 3 rings (SSSR count). The first-order valence-corrected chi connectivity index (χ1v) is 11.4. The van der Waals surface area contributed by atoms with Crippen LogP contribution in [0.1, 0.15) is 40.0 Å². The lowest BCUT2D eigenvalue weighted by Gasteiger charge is -2.41. The van der Waals surface area contributed by atoms with Gasteiger partial charge in [0.25, 0.3) is 0 Å². The second kappa shape index (κ2) is 8.30. The fourth-order valence-corrected chi connectivity index (χ4v) is 8.20. The van der Waals surface area contributed by atoms with Gasteiger partial charge in [-0.15, -0.1) is 18.3 Å². The second-order valence-electron chi connectivity index (χ2n) is 8.56. The van der Waals surface area contributed by atoms with Gasteiger partial charge in [-0.05, 0) is 25.7 Å². The largest absolute Gasteiger partial charge is 0.481 e. The molecule has 8 heteroatoms. The van der Waals surface area contributed by atoms with Crippen molar-refractivity contribution in [2.75, 3.05) is 19.7 Å². The highest BCUT2D eigenvalue weighted by atomic mass is 32.2. The normalized spacial score (nSPS) is 36.2. The maximum atomic E-state index is 13.9. The van der Waals surface area contributed by atoms with Gasteiger partial charge < -0.3 is 20.0 Å². The molecule has 0 aliphatic carbocycles. The monoisotopic (exact) mass is 424 g/mol. The highest BCUT2D eigenvalue weighted by Gasteiger charge is 2.76. The predicted molar refractivity (Wildman–Crippen MR) is 111 cm³/mol.